The van der Waals surface area contributed by atoms with Crippen LogP contribution in [-0.4, -0.2) is 88.9 Å². The number of hydrogen-bond donors (Lipinski definition) is 2. The van der Waals surface area contributed by atoms with Crippen molar-refractivity contribution in [2.45, 2.75) is 26.2 Å². The molecule has 0 atom stereocenters. The van der Waals surface area contributed by atoms with Gasteiger partial charge < -0.3 is 25.2 Å². The molecule has 1 fully saturated rings. The van der Waals surface area contributed by atoms with Crippen molar-refractivity contribution in [2.24, 2.45) is 4.99 Å². The molecule has 138 valence electrons. The highest BCUT2D eigenvalue weighted by Crippen LogP contribution is 2.02. The van der Waals surface area contributed by atoms with Gasteiger partial charge in [0, 0.05) is 60.0 Å². The van der Waals surface area contributed by atoms with Gasteiger partial charge in [-0.05, 0) is 32.4 Å². The molecule has 0 aromatic heterocycles. The summed E-state index contributed by atoms with van der Waals surface area (Å²) in [5.74, 6) is 0.896. The Morgan fingerprint density at radius 2 is 1.61 bits per heavy atom. The Kier molecular flexibility index (Phi) is 15.3. The van der Waals surface area contributed by atoms with Crippen LogP contribution in [0.4, 0.5) is 0 Å². The average molecular weight is 441 g/mol. The normalized spacial score (nSPS) is 16.9. The molecule has 0 aliphatic carbocycles. The maximum atomic E-state index is 5.03. The molecule has 0 amide bonds. The Labute approximate surface area is 159 Å². The lowest BCUT2D eigenvalue weighted by Gasteiger charge is -2.34. The first-order valence-corrected chi connectivity index (χ1v) is 8.68. The topological polar surface area (TPSA) is 52.1 Å². The van der Waals surface area contributed by atoms with Crippen molar-refractivity contribution < 1.29 is 4.74 Å². The van der Waals surface area contributed by atoms with E-state index < -0.39 is 0 Å². The smallest absolute Gasteiger partial charge is 0.190 e. The van der Waals surface area contributed by atoms with Crippen LogP contribution in [0.2, 0.25) is 0 Å². The lowest BCUT2D eigenvalue weighted by atomic mass is 10.2. The van der Waals surface area contributed by atoms with Crippen LogP contribution in [0.5, 0.6) is 0 Å². The number of unbranched alkanes of at least 4 members (excludes halogenated alkanes) is 1. The fourth-order valence-electron chi connectivity index (χ4n) is 2.64. The summed E-state index contributed by atoms with van der Waals surface area (Å²) in [5, 5.41) is 6.67. The van der Waals surface area contributed by atoms with Crippen molar-refractivity contribution in [3.05, 3.63) is 0 Å². The lowest BCUT2D eigenvalue weighted by Crippen LogP contribution is -2.46. The quantitative estimate of drug-likeness (QED) is 0.231. The van der Waals surface area contributed by atoms with Gasteiger partial charge in [-0.15, -0.1) is 24.0 Å². The highest BCUT2D eigenvalue weighted by Gasteiger charge is 2.14. The Bertz CT molecular complexity index is 296. The van der Waals surface area contributed by atoms with Crippen LogP contribution in [-0.2, 0) is 4.74 Å². The minimum atomic E-state index is 0. The number of nitrogens with one attached hydrogen (secondary N) is 2. The standard InChI is InChI=1S/C16H35N5O.HI/c1-4-20-11-13-21(14-12-20)10-6-5-8-18-16(17-2)19-9-7-15-22-3;/h4-15H2,1-3H3,(H2,17,18,19);1H. The molecule has 2 N–H and O–H groups in total. The fraction of sp³-hybridized carbons (Fsp3) is 0.938. The summed E-state index contributed by atoms with van der Waals surface area (Å²) in [4.78, 5) is 9.34. The fourth-order valence-corrected chi connectivity index (χ4v) is 2.64. The summed E-state index contributed by atoms with van der Waals surface area (Å²) in [6.45, 7) is 12.2. The van der Waals surface area contributed by atoms with Crippen LogP contribution in [0, 0.1) is 0 Å². The van der Waals surface area contributed by atoms with E-state index >= 15 is 0 Å². The zero-order chi connectivity index (χ0) is 16.0. The Hall–Kier alpha value is -0.120. The van der Waals surface area contributed by atoms with E-state index in [1.807, 2.05) is 7.05 Å². The third-order valence-corrected chi connectivity index (χ3v) is 4.15. The van der Waals surface area contributed by atoms with E-state index in [1.54, 1.807) is 7.11 Å². The van der Waals surface area contributed by atoms with Crippen LogP contribution in [0.3, 0.4) is 0 Å². The summed E-state index contributed by atoms with van der Waals surface area (Å²) in [5.41, 5.74) is 0. The zero-order valence-corrected chi connectivity index (χ0v) is 17.5. The molecule has 7 heteroatoms. The first-order chi connectivity index (χ1) is 10.8. The molecule has 0 unspecified atom stereocenters. The van der Waals surface area contributed by atoms with Crippen molar-refractivity contribution in [3.8, 4) is 0 Å². The average Bonchev–Trinajstić information content (AvgIpc) is 2.57. The number of hydrogen-bond acceptors (Lipinski definition) is 4. The molecule has 0 saturated carbocycles. The maximum Gasteiger partial charge on any atom is 0.190 e. The van der Waals surface area contributed by atoms with E-state index in [-0.39, 0.29) is 24.0 Å². The number of likely N-dealkylation sites (N-methyl/N-ethyl adjacent to an activating group) is 1. The molecule has 0 radical (unpaired) electrons. The van der Waals surface area contributed by atoms with Crippen molar-refractivity contribution in [1.82, 2.24) is 20.4 Å². The van der Waals surface area contributed by atoms with E-state index in [0.29, 0.717) is 0 Å². The van der Waals surface area contributed by atoms with E-state index in [0.717, 1.165) is 32.1 Å². The van der Waals surface area contributed by atoms with Gasteiger partial charge in [0.05, 0.1) is 0 Å². The lowest BCUT2D eigenvalue weighted by molar-refractivity contribution is 0.136. The number of halogens is 1. The first-order valence-electron chi connectivity index (χ1n) is 8.68. The number of methoxy groups -OCH3 is 1. The van der Waals surface area contributed by atoms with E-state index in [2.05, 4.69) is 32.3 Å². The molecule has 0 bridgehead atoms. The summed E-state index contributed by atoms with van der Waals surface area (Å²) >= 11 is 0. The monoisotopic (exact) mass is 441 g/mol. The SMILES string of the molecule is CCN1CCN(CCCCNC(=NC)NCCCOC)CC1.I. The predicted octanol–water partition coefficient (Wildman–Crippen LogP) is 1.22. The number of rotatable bonds is 10. The van der Waals surface area contributed by atoms with Crippen LogP contribution in [0.15, 0.2) is 4.99 Å². The molecule has 1 aliphatic rings. The summed E-state index contributed by atoms with van der Waals surface area (Å²) in [7, 11) is 3.55. The highest BCUT2D eigenvalue weighted by atomic mass is 127. The molecule has 1 rings (SSSR count). The predicted molar refractivity (Wildman–Crippen MR) is 109 cm³/mol. The molecular weight excluding hydrogens is 405 g/mol. The van der Waals surface area contributed by atoms with Crippen molar-refractivity contribution in [3.63, 3.8) is 0 Å². The Balaban J connectivity index is 0.00000484. The second kappa shape index (κ2) is 15.4. The minimum Gasteiger partial charge on any atom is -0.385 e. The highest BCUT2D eigenvalue weighted by molar-refractivity contribution is 14.0. The summed E-state index contributed by atoms with van der Waals surface area (Å²) in [6, 6.07) is 0. The van der Waals surface area contributed by atoms with Gasteiger partial charge in [-0.1, -0.05) is 6.92 Å². The summed E-state index contributed by atoms with van der Waals surface area (Å²) < 4.78 is 5.03. The van der Waals surface area contributed by atoms with E-state index in [1.165, 1.54) is 52.1 Å². The third-order valence-electron chi connectivity index (χ3n) is 4.15. The van der Waals surface area contributed by atoms with Crippen LogP contribution in [0.25, 0.3) is 0 Å². The van der Waals surface area contributed by atoms with E-state index in [4.69, 9.17) is 4.74 Å². The minimum absolute atomic E-state index is 0. The molecule has 6 nitrogen and oxygen atoms in total. The van der Waals surface area contributed by atoms with Gasteiger partial charge >= 0.3 is 0 Å². The van der Waals surface area contributed by atoms with Crippen molar-refractivity contribution >= 4 is 29.9 Å². The number of piperazine rings is 1. The van der Waals surface area contributed by atoms with E-state index in [9.17, 15) is 0 Å². The second-order valence-electron chi connectivity index (χ2n) is 5.76. The van der Waals surface area contributed by atoms with Crippen LogP contribution < -0.4 is 10.6 Å². The van der Waals surface area contributed by atoms with Gasteiger partial charge in [0.1, 0.15) is 0 Å². The van der Waals surface area contributed by atoms with Gasteiger partial charge in [-0.2, -0.15) is 0 Å². The van der Waals surface area contributed by atoms with Crippen LogP contribution in [0.1, 0.15) is 26.2 Å². The van der Waals surface area contributed by atoms with Gasteiger partial charge in [0.25, 0.3) is 0 Å². The maximum absolute atomic E-state index is 5.03. The molecule has 0 spiro atoms. The van der Waals surface area contributed by atoms with Gasteiger partial charge in [0.15, 0.2) is 5.96 Å². The van der Waals surface area contributed by atoms with Gasteiger partial charge in [0.2, 0.25) is 0 Å². The number of aliphatic imine (C=N–C) groups is 1. The van der Waals surface area contributed by atoms with Gasteiger partial charge in [-0.25, -0.2) is 0 Å². The molecule has 1 aliphatic heterocycles. The number of nitrogens with zero attached hydrogens (tertiary/aromatic N) is 3. The molecule has 23 heavy (non-hydrogen) atoms. The second-order valence-corrected chi connectivity index (χ2v) is 5.76. The van der Waals surface area contributed by atoms with Gasteiger partial charge in [-0.3, -0.25) is 4.99 Å². The van der Waals surface area contributed by atoms with Crippen LogP contribution >= 0.6 is 24.0 Å². The van der Waals surface area contributed by atoms with Crippen molar-refractivity contribution in [2.75, 3.05) is 73.1 Å². The molecule has 1 heterocycles. The first kappa shape index (κ1) is 22.9. The molecule has 0 aromatic rings. The number of guanidine groups is 1. The Morgan fingerprint density at radius 3 is 2.17 bits per heavy atom. The Morgan fingerprint density at radius 1 is 1.00 bits per heavy atom. The van der Waals surface area contributed by atoms with Crippen molar-refractivity contribution in [1.29, 1.82) is 0 Å². The zero-order valence-electron chi connectivity index (χ0n) is 15.1. The number of ether oxygens (including phenoxy) is 1. The third kappa shape index (κ3) is 11.1. The largest absolute Gasteiger partial charge is 0.385 e. The molecule has 1 saturated heterocycles. The summed E-state index contributed by atoms with van der Waals surface area (Å²) in [6.07, 6.45) is 3.44. The molecular formula is C16H36IN5O. The molecule has 0 aromatic carbocycles.